The summed E-state index contributed by atoms with van der Waals surface area (Å²) in [5.41, 5.74) is -1.57. The van der Waals surface area contributed by atoms with Gasteiger partial charge in [0.2, 0.25) is 1.43 Å². The second-order valence-corrected chi connectivity index (χ2v) is 6.01. The van der Waals surface area contributed by atoms with Crippen LogP contribution in [0.2, 0.25) is 0 Å². The van der Waals surface area contributed by atoms with Crippen molar-refractivity contribution in [3.05, 3.63) is 35.4 Å². The van der Waals surface area contributed by atoms with E-state index in [1.54, 1.807) is 0 Å². The molecule has 4 nitrogen and oxygen atoms in total. The number of likely N-dealkylation sites (tertiary alicyclic amines) is 1. The Kier molecular flexibility index (Phi) is 1.21. The van der Waals surface area contributed by atoms with E-state index < -0.39 is 55.0 Å². The Bertz CT molecular complexity index is 1060. The van der Waals surface area contributed by atoms with Crippen LogP contribution in [0.4, 0.5) is 0 Å². The van der Waals surface area contributed by atoms with Gasteiger partial charge in [0.1, 0.15) is 12.2 Å². The lowest BCUT2D eigenvalue weighted by Gasteiger charge is -2.56. The van der Waals surface area contributed by atoms with Crippen LogP contribution in [0, 0.1) is 5.89 Å². The van der Waals surface area contributed by atoms with Gasteiger partial charge in [-0.15, -0.1) is 0 Å². The Morgan fingerprint density at radius 3 is 3.41 bits per heavy atom. The number of aliphatic hydroxyl groups is 1. The molecule has 5 atom stereocenters. The molecule has 1 aromatic carbocycles. The number of ether oxygens (including phenoxy) is 2. The van der Waals surface area contributed by atoms with Crippen LogP contribution in [0.3, 0.4) is 0 Å². The van der Waals surface area contributed by atoms with Crippen LogP contribution in [0.1, 0.15) is 29.9 Å². The molecule has 1 N–H and O–H groups in total. The Hall–Kier alpha value is -1.52. The maximum Gasteiger partial charge on any atom is 0.211 e. The van der Waals surface area contributed by atoms with Crippen LogP contribution in [0.25, 0.3) is 0 Å². The minimum Gasteiger partial charge on any atom is -0.493 e. The van der Waals surface area contributed by atoms with E-state index in [4.69, 9.17) is 27.0 Å². The highest BCUT2D eigenvalue weighted by Crippen LogP contribution is 2.62. The number of likely N-dealkylation sites (N-methyl/N-ethyl adjacent to an activating group) is 1. The maximum absolute atomic E-state index is 9.50. The van der Waals surface area contributed by atoms with Crippen molar-refractivity contribution in [3.63, 3.8) is 0 Å². The van der Waals surface area contributed by atoms with Gasteiger partial charge in [-0.2, -0.15) is 0 Å². The molecule has 1 aromatic rings. The fraction of sp³-hybridized carbons (Fsp3) is 0.556. The highest BCUT2D eigenvalue weighted by atomic mass is 16.5. The first kappa shape index (κ1) is 6.54. The van der Waals surface area contributed by atoms with E-state index in [0.29, 0.717) is 0 Å². The molecule has 116 valence electrons. The van der Waals surface area contributed by atoms with Crippen molar-refractivity contribution >= 4 is 0 Å². The second kappa shape index (κ2) is 4.06. The summed E-state index contributed by atoms with van der Waals surface area (Å²) in [4.78, 5) is 0.958. The van der Waals surface area contributed by atoms with Crippen molar-refractivity contribution in [1.82, 2.24) is 4.90 Å². The number of nitrogens with zero attached hydrogens (tertiary/aromatic N) is 1. The van der Waals surface area contributed by atoms with Gasteiger partial charge in [-0.05, 0) is 37.9 Å². The van der Waals surface area contributed by atoms with Gasteiger partial charge in [0, 0.05) is 31.1 Å². The van der Waals surface area contributed by atoms with Crippen LogP contribution < -0.4 is 9.47 Å². The zero-order valence-electron chi connectivity index (χ0n) is 21.9. The first-order valence-electron chi connectivity index (χ1n) is 12.1. The molecule has 2 aliphatic carbocycles. The van der Waals surface area contributed by atoms with Gasteiger partial charge in [0.25, 0.3) is 0 Å². The number of benzene rings is 1. The lowest BCUT2D eigenvalue weighted by molar-refractivity contribution is -0.0453. The summed E-state index contributed by atoms with van der Waals surface area (Å²) in [5.74, 6) is -2.09. The van der Waals surface area contributed by atoms with Crippen molar-refractivity contribution < 1.29 is 26.9 Å². The highest BCUT2D eigenvalue weighted by Gasteiger charge is 2.64. The van der Waals surface area contributed by atoms with E-state index in [2.05, 4.69) is 0 Å². The molecule has 0 saturated carbocycles. The van der Waals surface area contributed by atoms with Gasteiger partial charge >= 0.3 is 0 Å². The zero-order valence-corrected chi connectivity index (χ0v) is 11.9. The third kappa shape index (κ3) is 1.28. The molecule has 2 heterocycles. The first-order chi connectivity index (χ1) is 14.7. The molecule has 2 bridgehead atoms. The highest BCUT2D eigenvalue weighted by molar-refractivity contribution is 5.62. The molecule has 22 heavy (non-hydrogen) atoms. The number of piperidine rings is 1. The summed E-state index contributed by atoms with van der Waals surface area (Å²) in [6.45, 7) is -2.85. The lowest BCUT2D eigenvalue weighted by atomic mass is 9.53. The molecule has 1 saturated heterocycles. The summed E-state index contributed by atoms with van der Waals surface area (Å²) in [6, 6.07) is -2.48. The molecule has 0 radical (unpaired) electrons. The van der Waals surface area contributed by atoms with Crippen molar-refractivity contribution in [1.29, 1.82) is 1.43 Å². The minimum absolute atomic E-state index is 0.0135. The maximum atomic E-state index is 9.50. The fourth-order valence-electron chi connectivity index (χ4n) is 4.23. The summed E-state index contributed by atoms with van der Waals surface area (Å²) in [6.07, 6.45) is -3.54. The van der Waals surface area contributed by atoms with Crippen LogP contribution in [-0.4, -0.2) is 50.3 Å². The summed E-state index contributed by atoms with van der Waals surface area (Å²) >= 11 is 0. The molecule has 1 spiro atoms. The van der Waals surface area contributed by atoms with Gasteiger partial charge in [-0.3, -0.25) is 0 Å². The van der Waals surface area contributed by atoms with E-state index in [1.165, 1.54) is 13.2 Å². The molecule has 0 aromatic heterocycles. The summed E-state index contributed by atoms with van der Waals surface area (Å²) in [7, 11) is 1.28. The summed E-state index contributed by atoms with van der Waals surface area (Å²) in [5, 5.41) is 4.72. The largest absolute Gasteiger partial charge is 0.493 e. The van der Waals surface area contributed by atoms with Crippen molar-refractivity contribution in [3.8, 4) is 11.5 Å². The Morgan fingerprint density at radius 1 is 1.64 bits per heavy atom. The number of rotatable bonds is 2. The topological polar surface area (TPSA) is 41.9 Å². The standard InChI is InChI=1S/C18H21NO3/c1-19-8-7-18-11-4-5-13(20)17(18)22-16-14(21-2)6-3-10(15(16)18)9-12(11)19/h3-6,11-13,17,20H,7-9H2,1-2H3/t11-,12+,13?,17?,18-/m0/s1/i1D3,3D,6D,9D2,11D,13D,20D. The third-order valence-electron chi connectivity index (χ3n) is 5.15. The fourth-order valence-corrected chi connectivity index (χ4v) is 4.23. The van der Waals surface area contributed by atoms with Crippen molar-refractivity contribution in [2.75, 3.05) is 20.6 Å². The average molecular weight is 309 g/mol. The number of methoxy groups -OCH3 is 1. The average Bonchev–Trinajstić information content (AvgIpc) is 3.03. The summed E-state index contributed by atoms with van der Waals surface area (Å²) < 4.78 is 96.0. The molecule has 4 heteroatoms. The van der Waals surface area contributed by atoms with Crippen LogP contribution in [-0.2, 0) is 11.8 Å². The lowest BCUT2D eigenvalue weighted by Crippen LogP contribution is -2.64. The van der Waals surface area contributed by atoms with E-state index in [0.717, 1.165) is 11.0 Å². The Labute approximate surface area is 144 Å². The molecule has 1 fully saturated rings. The van der Waals surface area contributed by atoms with Gasteiger partial charge in [-0.25, -0.2) is 0 Å². The zero-order chi connectivity index (χ0) is 23.6. The van der Waals surface area contributed by atoms with Gasteiger partial charge in [0.05, 0.1) is 11.2 Å². The SMILES string of the molecule is [2H]OC1([2H])C=C[C@@]2([2H])[C@@H]3N(C([2H])([2H])[2H])CC[C@@]24c2c(c(OC)c([2H])c([2H])c2C3([2H])[2H])OC14. The molecule has 2 unspecified atom stereocenters. The quantitative estimate of drug-likeness (QED) is 0.841. The Balaban J connectivity index is 1.97. The second-order valence-electron chi connectivity index (χ2n) is 6.01. The minimum atomic E-state index is -2.73. The number of hydrogen-bond acceptors (Lipinski definition) is 4. The van der Waals surface area contributed by atoms with E-state index in [-0.39, 0.29) is 35.6 Å². The third-order valence-corrected chi connectivity index (χ3v) is 5.15. The van der Waals surface area contributed by atoms with Gasteiger partial charge < -0.3 is 19.5 Å². The number of hydrogen-bond donors (Lipinski definition) is 1. The van der Waals surface area contributed by atoms with Gasteiger partial charge in [-0.1, -0.05) is 18.2 Å². The molecular weight excluding hydrogens is 278 g/mol. The normalized spacial score (nSPS) is 57.1. The van der Waals surface area contributed by atoms with Crippen LogP contribution in [0.15, 0.2) is 24.2 Å². The smallest absolute Gasteiger partial charge is 0.211 e. The molecule has 4 aliphatic rings. The monoisotopic (exact) mass is 309 g/mol. The Morgan fingerprint density at radius 2 is 2.59 bits per heavy atom. The van der Waals surface area contributed by atoms with Crippen LogP contribution >= 0.6 is 0 Å². The van der Waals surface area contributed by atoms with Gasteiger partial charge in [0.15, 0.2) is 11.5 Å². The van der Waals surface area contributed by atoms with Crippen LogP contribution in [0.5, 0.6) is 11.5 Å². The van der Waals surface area contributed by atoms with E-state index in [9.17, 15) is 1.37 Å². The molecule has 0 amide bonds. The van der Waals surface area contributed by atoms with Crippen molar-refractivity contribution in [2.45, 2.75) is 36.4 Å². The first-order valence-corrected chi connectivity index (χ1v) is 7.22. The van der Waals surface area contributed by atoms with E-state index in [1.807, 2.05) is 0 Å². The predicted molar refractivity (Wildman–Crippen MR) is 82.5 cm³/mol. The van der Waals surface area contributed by atoms with E-state index >= 15 is 0 Å². The van der Waals surface area contributed by atoms with Crippen molar-refractivity contribution in [2.24, 2.45) is 5.89 Å². The molecular formula is C18H21NO3. The molecule has 2 aliphatic heterocycles. The molecule has 5 rings (SSSR count). The predicted octanol–water partition coefficient (Wildman–Crippen LogP) is 1.50.